The van der Waals surface area contributed by atoms with Crippen LogP contribution in [-0.4, -0.2) is 56.0 Å². The number of nitrogens with one attached hydrogen (secondary N) is 1. The van der Waals surface area contributed by atoms with E-state index < -0.39 is 0 Å². The molecule has 0 atom stereocenters. The third-order valence-electron chi connectivity index (χ3n) is 3.41. The third-order valence-corrected chi connectivity index (χ3v) is 3.93. The Balaban J connectivity index is 2.32. The Morgan fingerprint density at radius 2 is 2.36 bits per heavy atom. The molecule has 2 N–H and O–H groups in total. The molecule has 120 valence electrons. The number of thiocarbonyl (C=S) groups is 1. The zero-order valence-corrected chi connectivity index (χ0v) is 13.6. The maximum absolute atomic E-state index is 8.92. The minimum atomic E-state index is 0.147. The van der Waals surface area contributed by atoms with Crippen LogP contribution >= 0.6 is 12.2 Å². The number of methoxy groups -OCH3 is 1. The van der Waals surface area contributed by atoms with Crippen LogP contribution in [0.25, 0.3) is 0 Å². The predicted molar refractivity (Wildman–Crippen MR) is 86.5 cm³/mol. The smallest absolute Gasteiger partial charge is 0.231 e. The summed E-state index contributed by atoms with van der Waals surface area (Å²) in [6, 6.07) is 1.87. The van der Waals surface area contributed by atoms with Crippen molar-refractivity contribution in [2.75, 3.05) is 34.5 Å². The van der Waals surface area contributed by atoms with Crippen LogP contribution < -0.4 is 19.5 Å². The number of oxime groups is 1. The van der Waals surface area contributed by atoms with Gasteiger partial charge in [-0.1, -0.05) is 5.16 Å². The first-order valence-corrected chi connectivity index (χ1v) is 7.13. The summed E-state index contributed by atoms with van der Waals surface area (Å²) in [5.74, 6) is 1.66. The zero-order chi connectivity index (χ0) is 16.1. The molecule has 22 heavy (non-hydrogen) atoms. The monoisotopic (exact) mass is 325 g/mol. The van der Waals surface area contributed by atoms with E-state index in [1.54, 1.807) is 7.05 Å². The second kappa shape index (κ2) is 7.17. The van der Waals surface area contributed by atoms with Crippen LogP contribution in [0.5, 0.6) is 17.2 Å². The van der Waals surface area contributed by atoms with E-state index in [4.69, 9.17) is 31.6 Å². The van der Waals surface area contributed by atoms with E-state index >= 15 is 0 Å². The number of nitrogens with zero attached hydrogens (tertiary/aromatic N) is 2. The van der Waals surface area contributed by atoms with Crippen LogP contribution in [0.3, 0.4) is 0 Å². The highest BCUT2D eigenvalue weighted by molar-refractivity contribution is 7.80. The molecule has 0 aliphatic carbocycles. The Labute approximate surface area is 134 Å². The van der Waals surface area contributed by atoms with E-state index in [-0.39, 0.29) is 6.79 Å². The number of benzene rings is 1. The summed E-state index contributed by atoms with van der Waals surface area (Å²) >= 11 is 5.18. The second-order valence-electron chi connectivity index (χ2n) is 4.69. The molecule has 0 amide bonds. The molecule has 1 aromatic carbocycles. The number of fused-ring (bicyclic) bond motifs is 1. The van der Waals surface area contributed by atoms with Crippen LogP contribution in [0, 0.1) is 0 Å². The van der Waals surface area contributed by atoms with Crippen LogP contribution in [0.15, 0.2) is 11.2 Å². The standard InChI is InChI=1S/C14H19N3O4S/c1-15-14(22)17(2)5-4-9-6-11-13(21-8-20-11)12(19-3)10(9)7-16-18/h6-7,18H,4-5,8H2,1-3H3,(H,15,22). The van der Waals surface area contributed by atoms with Gasteiger partial charge >= 0.3 is 0 Å². The van der Waals surface area contributed by atoms with Crippen molar-refractivity contribution in [3.63, 3.8) is 0 Å². The van der Waals surface area contributed by atoms with Crippen molar-refractivity contribution in [2.45, 2.75) is 6.42 Å². The van der Waals surface area contributed by atoms with Crippen molar-refractivity contribution in [1.29, 1.82) is 0 Å². The lowest BCUT2D eigenvalue weighted by molar-refractivity contribution is 0.171. The number of rotatable bonds is 5. The Morgan fingerprint density at radius 3 is 3.00 bits per heavy atom. The van der Waals surface area contributed by atoms with Gasteiger partial charge in [-0.15, -0.1) is 0 Å². The zero-order valence-electron chi connectivity index (χ0n) is 12.8. The van der Waals surface area contributed by atoms with Crippen molar-refractivity contribution in [2.24, 2.45) is 5.16 Å². The molecule has 0 spiro atoms. The second-order valence-corrected chi connectivity index (χ2v) is 5.07. The molecule has 0 saturated carbocycles. The van der Waals surface area contributed by atoms with Crippen LogP contribution in [0.1, 0.15) is 11.1 Å². The number of likely N-dealkylation sites (N-methyl/N-ethyl adjacent to an activating group) is 1. The molecular weight excluding hydrogens is 306 g/mol. The fraction of sp³-hybridized carbons (Fsp3) is 0.429. The minimum Gasteiger partial charge on any atom is -0.492 e. The SMILES string of the molecule is CNC(=S)N(C)CCc1cc2c(c(OC)c1C=NO)OCO2. The van der Waals surface area contributed by atoms with Crippen molar-refractivity contribution in [3.8, 4) is 17.2 Å². The Bertz CT molecular complexity index is 592. The quantitative estimate of drug-likeness (QED) is 0.365. The Hall–Kier alpha value is -2.22. The molecule has 1 heterocycles. The van der Waals surface area contributed by atoms with E-state index in [1.165, 1.54) is 13.3 Å². The summed E-state index contributed by atoms with van der Waals surface area (Å²) in [5.41, 5.74) is 1.59. The summed E-state index contributed by atoms with van der Waals surface area (Å²) in [6.07, 6.45) is 2.01. The largest absolute Gasteiger partial charge is 0.492 e. The summed E-state index contributed by atoms with van der Waals surface area (Å²) < 4.78 is 16.2. The van der Waals surface area contributed by atoms with Gasteiger partial charge in [-0.25, -0.2) is 0 Å². The van der Waals surface area contributed by atoms with Gasteiger partial charge in [-0.3, -0.25) is 0 Å². The van der Waals surface area contributed by atoms with Crippen LogP contribution in [0.2, 0.25) is 0 Å². The van der Waals surface area contributed by atoms with Gasteiger partial charge < -0.3 is 29.6 Å². The van der Waals surface area contributed by atoms with Gasteiger partial charge in [-0.2, -0.15) is 0 Å². The molecule has 1 aliphatic rings. The normalized spacial score (nSPS) is 12.5. The molecule has 0 aromatic heterocycles. The Morgan fingerprint density at radius 1 is 1.59 bits per heavy atom. The molecule has 0 unspecified atom stereocenters. The lowest BCUT2D eigenvalue weighted by atomic mass is 10.0. The number of hydrogen-bond acceptors (Lipinski definition) is 6. The van der Waals surface area contributed by atoms with Gasteiger partial charge in [-0.05, 0) is 30.3 Å². The van der Waals surface area contributed by atoms with Crippen LogP contribution in [-0.2, 0) is 6.42 Å². The summed E-state index contributed by atoms with van der Waals surface area (Å²) in [4.78, 5) is 1.92. The van der Waals surface area contributed by atoms with E-state index in [0.29, 0.717) is 40.9 Å². The molecule has 0 radical (unpaired) electrons. The van der Waals surface area contributed by atoms with E-state index in [0.717, 1.165) is 5.56 Å². The molecule has 0 saturated heterocycles. The third kappa shape index (κ3) is 3.16. The maximum atomic E-state index is 8.92. The van der Waals surface area contributed by atoms with Gasteiger partial charge in [0, 0.05) is 26.2 Å². The van der Waals surface area contributed by atoms with Crippen molar-refractivity contribution in [3.05, 3.63) is 17.2 Å². The molecule has 0 bridgehead atoms. The highest BCUT2D eigenvalue weighted by Crippen LogP contribution is 2.44. The maximum Gasteiger partial charge on any atom is 0.231 e. The van der Waals surface area contributed by atoms with Crippen molar-refractivity contribution >= 4 is 23.5 Å². The first-order valence-electron chi connectivity index (χ1n) is 6.72. The first-order chi connectivity index (χ1) is 10.6. The topological polar surface area (TPSA) is 75.6 Å². The van der Waals surface area contributed by atoms with E-state index in [9.17, 15) is 0 Å². The van der Waals surface area contributed by atoms with Gasteiger partial charge in [0.2, 0.25) is 12.5 Å². The van der Waals surface area contributed by atoms with Crippen molar-refractivity contribution in [1.82, 2.24) is 10.2 Å². The first kappa shape index (κ1) is 16.2. The molecular formula is C14H19N3O4S. The van der Waals surface area contributed by atoms with Crippen molar-refractivity contribution < 1.29 is 19.4 Å². The fourth-order valence-electron chi connectivity index (χ4n) is 2.27. The highest BCUT2D eigenvalue weighted by Gasteiger charge is 2.24. The van der Waals surface area contributed by atoms with Gasteiger partial charge in [0.25, 0.3) is 0 Å². The highest BCUT2D eigenvalue weighted by atomic mass is 32.1. The van der Waals surface area contributed by atoms with Gasteiger partial charge in [0.15, 0.2) is 16.6 Å². The average molecular weight is 325 g/mol. The fourth-order valence-corrected chi connectivity index (χ4v) is 2.36. The number of ether oxygens (including phenoxy) is 3. The minimum absolute atomic E-state index is 0.147. The van der Waals surface area contributed by atoms with Gasteiger partial charge in [0.05, 0.1) is 13.3 Å². The van der Waals surface area contributed by atoms with E-state index in [1.807, 2.05) is 18.0 Å². The Kier molecular flexibility index (Phi) is 5.26. The molecule has 2 rings (SSSR count). The summed E-state index contributed by atoms with van der Waals surface area (Å²) in [6.45, 7) is 0.837. The molecule has 7 nitrogen and oxygen atoms in total. The number of hydrogen-bond donors (Lipinski definition) is 2. The lowest BCUT2D eigenvalue weighted by Crippen LogP contribution is -2.36. The van der Waals surface area contributed by atoms with E-state index in [2.05, 4.69) is 10.5 Å². The predicted octanol–water partition coefficient (Wildman–Crippen LogP) is 1.21. The molecule has 1 aliphatic heterocycles. The molecule has 1 aromatic rings. The summed E-state index contributed by atoms with van der Waals surface area (Å²) in [7, 11) is 5.23. The average Bonchev–Trinajstić information content (AvgIpc) is 2.99. The molecule has 8 heteroatoms. The van der Waals surface area contributed by atoms with Gasteiger partial charge in [0.1, 0.15) is 0 Å². The lowest BCUT2D eigenvalue weighted by Gasteiger charge is -2.20. The summed E-state index contributed by atoms with van der Waals surface area (Å²) in [5, 5.41) is 15.6. The van der Waals surface area contributed by atoms with Crippen LogP contribution in [0.4, 0.5) is 0 Å². The molecule has 0 fully saturated rings.